The Bertz CT molecular complexity index is 93.6. The van der Waals surface area contributed by atoms with Crippen molar-refractivity contribution in [2.24, 2.45) is 0 Å². The number of hydrogen-bond donors (Lipinski definition) is 2. The van der Waals surface area contributed by atoms with E-state index in [0.717, 1.165) is 18.2 Å². The van der Waals surface area contributed by atoms with Gasteiger partial charge in [-0.3, -0.25) is 0 Å². The third-order valence-electron chi connectivity index (χ3n) is 1.15. The molecule has 0 aliphatic carbocycles. The number of nitrogens with one attached hydrogen (secondary N) is 2. The quantitative estimate of drug-likeness (QED) is 0.478. The Hall–Kier alpha value is -0.310. The van der Waals surface area contributed by atoms with Gasteiger partial charge in [0, 0.05) is 13.1 Å². The largest absolute Gasteiger partial charge is 0.363 e. The van der Waals surface area contributed by atoms with Gasteiger partial charge in [-0.05, 0) is 25.6 Å². The highest BCUT2D eigenvalue weighted by molar-refractivity contribution is 7.80. The number of unbranched alkanes of at least 4 members (excludes halogenated alkanes) is 1. The minimum absolute atomic E-state index is 0.774. The van der Waals surface area contributed by atoms with E-state index < -0.39 is 0 Å². The Morgan fingerprint density at radius 3 is 2.50 bits per heavy atom. The Morgan fingerprint density at radius 2 is 2.00 bits per heavy atom. The molecular formula is C7H16N2S. The van der Waals surface area contributed by atoms with Crippen molar-refractivity contribution in [1.29, 1.82) is 0 Å². The SMILES string of the molecule is CCCCNC(=S)NCC. The van der Waals surface area contributed by atoms with E-state index >= 15 is 0 Å². The summed E-state index contributed by atoms with van der Waals surface area (Å²) < 4.78 is 0. The van der Waals surface area contributed by atoms with Crippen molar-refractivity contribution < 1.29 is 0 Å². The maximum Gasteiger partial charge on any atom is 0.166 e. The van der Waals surface area contributed by atoms with Gasteiger partial charge in [-0.25, -0.2) is 0 Å². The summed E-state index contributed by atoms with van der Waals surface area (Å²) in [4.78, 5) is 0. The second kappa shape index (κ2) is 6.81. The van der Waals surface area contributed by atoms with E-state index in [1.807, 2.05) is 6.92 Å². The van der Waals surface area contributed by atoms with Crippen molar-refractivity contribution in [2.45, 2.75) is 26.7 Å². The summed E-state index contributed by atoms with van der Waals surface area (Å²) in [6.07, 6.45) is 2.40. The molecule has 0 aromatic heterocycles. The number of hydrogen-bond acceptors (Lipinski definition) is 1. The van der Waals surface area contributed by atoms with Crippen molar-refractivity contribution in [3.63, 3.8) is 0 Å². The van der Waals surface area contributed by atoms with Crippen LogP contribution in [0.2, 0.25) is 0 Å². The molecule has 2 nitrogen and oxygen atoms in total. The highest BCUT2D eigenvalue weighted by Crippen LogP contribution is 1.81. The molecule has 3 heteroatoms. The van der Waals surface area contributed by atoms with Crippen molar-refractivity contribution in [3.8, 4) is 0 Å². The zero-order valence-corrected chi connectivity index (χ0v) is 7.55. The van der Waals surface area contributed by atoms with Crippen molar-refractivity contribution in [1.82, 2.24) is 10.6 Å². The number of rotatable bonds is 4. The summed E-state index contributed by atoms with van der Waals surface area (Å²) >= 11 is 4.94. The van der Waals surface area contributed by atoms with Crippen LogP contribution in [0.3, 0.4) is 0 Å². The lowest BCUT2D eigenvalue weighted by Crippen LogP contribution is -2.35. The van der Waals surface area contributed by atoms with E-state index in [2.05, 4.69) is 17.6 Å². The molecule has 0 fully saturated rings. The van der Waals surface area contributed by atoms with E-state index in [1.54, 1.807) is 0 Å². The molecule has 0 atom stereocenters. The van der Waals surface area contributed by atoms with Gasteiger partial charge in [0.05, 0.1) is 0 Å². The average Bonchev–Trinajstić information content (AvgIpc) is 1.89. The highest BCUT2D eigenvalue weighted by Gasteiger charge is 1.88. The molecule has 10 heavy (non-hydrogen) atoms. The maximum absolute atomic E-state index is 4.94. The van der Waals surface area contributed by atoms with Gasteiger partial charge < -0.3 is 10.6 Å². The van der Waals surface area contributed by atoms with Crippen LogP contribution in [0.1, 0.15) is 26.7 Å². The lowest BCUT2D eigenvalue weighted by molar-refractivity contribution is 0.743. The predicted octanol–water partition coefficient (Wildman–Crippen LogP) is 1.27. The first kappa shape index (κ1) is 9.69. The summed E-state index contributed by atoms with van der Waals surface area (Å²) in [7, 11) is 0. The molecule has 60 valence electrons. The summed E-state index contributed by atoms with van der Waals surface area (Å²) in [5, 5.41) is 6.90. The van der Waals surface area contributed by atoms with E-state index in [4.69, 9.17) is 12.2 Å². The number of thiocarbonyl (C=S) groups is 1. The summed E-state index contributed by atoms with van der Waals surface area (Å²) in [5.41, 5.74) is 0. The molecule has 0 radical (unpaired) electrons. The molecule has 0 aromatic rings. The minimum atomic E-state index is 0.774. The Morgan fingerprint density at radius 1 is 1.30 bits per heavy atom. The van der Waals surface area contributed by atoms with Gasteiger partial charge in [-0.1, -0.05) is 13.3 Å². The van der Waals surface area contributed by atoms with Crippen LogP contribution >= 0.6 is 12.2 Å². The molecule has 0 heterocycles. The third kappa shape index (κ3) is 5.82. The van der Waals surface area contributed by atoms with Gasteiger partial charge in [0.15, 0.2) is 5.11 Å². The van der Waals surface area contributed by atoms with Crippen LogP contribution < -0.4 is 10.6 Å². The first-order valence-electron chi connectivity index (χ1n) is 3.83. The van der Waals surface area contributed by atoms with Crippen LogP contribution in [0.5, 0.6) is 0 Å². The maximum atomic E-state index is 4.94. The van der Waals surface area contributed by atoms with Gasteiger partial charge in [0.2, 0.25) is 0 Å². The fraction of sp³-hybridized carbons (Fsp3) is 0.857. The van der Waals surface area contributed by atoms with Crippen molar-refractivity contribution in [3.05, 3.63) is 0 Å². The molecule has 0 aliphatic heterocycles. The van der Waals surface area contributed by atoms with Gasteiger partial charge >= 0.3 is 0 Å². The van der Waals surface area contributed by atoms with Crippen LogP contribution in [-0.4, -0.2) is 18.2 Å². The first-order valence-corrected chi connectivity index (χ1v) is 4.23. The molecule has 2 N–H and O–H groups in total. The topological polar surface area (TPSA) is 24.1 Å². The standard InChI is InChI=1S/C7H16N2S/c1-3-5-6-9-7(10)8-4-2/h3-6H2,1-2H3,(H2,8,9,10). The molecular weight excluding hydrogens is 144 g/mol. The van der Waals surface area contributed by atoms with Crippen LogP contribution in [-0.2, 0) is 0 Å². The molecule has 0 aliphatic rings. The van der Waals surface area contributed by atoms with E-state index in [0.29, 0.717) is 0 Å². The second-order valence-electron chi connectivity index (χ2n) is 2.14. The minimum Gasteiger partial charge on any atom is -0.363 e. The van der Waals surface area contributed by atoms with Crippen LogP contribution in [0.25, 0.3) is 0 Å². The van der Waals surface area contributed by atoms with Gasteiger partial charge in [-0.15, -0.1) is 0 Å². The Balaban J connectivity index is 3.05. The summed E-state index contributed by atoms with van der Waals surface area (Å²) in [6, 6.07) is 0. The fourth-order valence-corrected chi connectivity index (χ4v) is 0.848. The molecule has 0 aromatic carbocycles. The fourth-order valence-electron chi connectivity index (χ4n) is 0.602. The van der Waals surface area contributed by atoms with Crippen LogP contribution in [0, 0.1) is 0 Å². The molecule has 0 saturated carbocycles. The normalized spacial score (nSPS) is 9.00. The molecule has 0 bridgehead atoms. The van der Waals surface area contributed by atoms with Crippen molar-refractivity contribution >= 4 is 17.3 Å². The lowest BCUT2D eigenvalue weighted by Gasteiger charge is -2.06. The van der Waals surface area contributed by atoms with E-state index in [-0.39, 0.29) is 0 Å². The molecule has 0 unspecified atom stereocenters. The third-order valence-corrected chi connectivity index (χ3v) is 1.44. The van der Waals surface area contributed by atoms with E-state index in [1.165, 1.54) is 12.8 Å². The molecule has 0 spiro atoms. The predicted molar refractivity (Wildman–Crippen MR) is 49.2 cm³/mol. The zero-order chi connectivity index (χ0) is 7.82. The van der Waals surface area contributed by atoms with Crippen LogP contribution in [0.4, 0.5) is 0 Å². The van der Waals surface area contributed by atoms with Gasteiger partial charge in [-0.2, -0.15) is 0 Å². The average molecular weight is 160 g/mol. The smallest absolute Gasteiger partial charge is 0.166 e. The lowest BCUT2D eigenvalue weighted by atomic mass is 10.3. The molecule has 0 rings (SSSR count). The van der Waals surface area contributed by atoms with Gasteiger partial charge in [0.1, 0.15) is 0 Å². The first-order chi connectivity index (χ1) is 4.81. The Kier molecular flexibility index (Phi) is 6.59. The summed E-state index contributed by atoms with van der Waals surface area (Å²) in [5.74, 6) is 0. The summed E-state index contributed by atoms with van der Waals surface area (Å²) in [6.45, 7) is 6.09. The van der Waals surface area contributed by atoms with Crippen molar-refractivity contribution in [2.75, 3.05) is 13.1 Å². The monoisotopic (exact) mass is 160 g/mol. The second-order valence-corrected chi connectivity index (χ2v) is 2.55. The van der Waals surface area contributed by atoms with Crippen LogP contribution in [0.15, 0.2) is 0 Å². The van der Waals surface area contributed by atoms with E-state index in [9.17, 15) is 0 Å². The molecule has 0 amide bonds. The molecule has 0 saturated heterocycles. The highest BCUT2D eigenvalue weighted by atomic mass is 32.1. The van der Waals surface area contributed by atoms with Gasteiger partial charge in [0.25, 0.3) is 0 Å². The Labute approximate surface area is 68.4 Å². The zero-order valence-electron chi connectivity index (χ0n) is 6.74.